The summed E-state index contributed by atoms with van der Waals surface area (Å²) in [6.07, 6.45) is 12.6. The minimum absolute atomic E-state index is 0.127. The Morgan fingerprint density at radius 3 is 2.58 bits per heavy atom. The summed E-state index contributed by atoms with van der Waals surface area (Å²) in [4.78, 5) is 0. The molecule has 0 spiro atoms. The van der Waals surface area contributed by atoms with Gasteiger partial charge in [0.05, 0.1) is 11.7 Å². The van der Waals surface area contributed by atoms with Crippen molar-refractivity contribution < 1.29 is 4.74 Å². The molecular formula is C17H33NO. The maximum atomic E-state index is 6.22. The van der Waals surface area contributed by atoms with Gasteiger partial charge in [0.1, 0.15) is 0 Å². The number of hydrogen-bond acceptors (Lipinski definition) is 2. The molecular weight excluding hydrogens is 234 g/mol. The van der Waals surface area contributed by atoms with Gasteiger partial charge in [0.2, 0.25) is 0 Å². The molecule has 0 aromatic carbocycles. The molecule has 3 unspecified atom stereocenters. The highest BCUT2D eigenvalue weighted by atomic mass is 16.5. The quantitative estimate of drug-likeness (QED) is 0.751. The molecule has 1 heterocycles. The van der Waals surface area contributed by atoms with Gasteiger partial charge in [0.25, 0.3) is 0 Å². The lowest BCUT2D eigenvalue weighted by Crippen LogP contribution is -2.37. The molecule has 1 saturated carbocycles. The van der Waals surface area contributed by atoms with Crippen molar-refractivity contribution >= 4 is 0 Å². The number of rotatable bonds is 5. The van der Waals surface area contributed by atoms with Crippen LogP contribution in [0, 0.1) is 5.92 Å². The predicted molar refractivity (Wildman–Crippen MR) is 81.5 cm³/mol. The Balaban J connectivity index is 1.87. The highest BCUT2D eigenvalue weighted by Crippen LogP contribution is 2.36. The van der Waals surface area contributed by atoms with Gasteiger partial charge in [-0.2, -0.15) is 0 Å². The zero-order chi connectivity index (χ0) is 13.7. The lowest BCUT2D eigenvalue weighted by molar-refractivity contribution is -0.0270. The minimum Gasteiger partial charge on any atom is -0.372 e. The first kappa shape index (κ1) is 15.3. The van der Waals surface area contributed by atoms with Crippen LogP contribution in [0.1, 0.15) is 78.6 Å². The second kappa shape index (κ2) is 7.08. The Labute approximate surface area is 119 Å². The van der Waals surface area contributed by atoms with Crippen LogP contribution in [-0.4, -0.2) is 24.3 Å². The van der Waals surface area contributed by atoms with Crippen LogP contribution in [0.2, 0.25) is 0 Å². The van der Waals surface area contributed by atoms with Crippen molar-refractivity contribution in [2.75, 3.05) is 6.54 Å². The summed E-state index contributed by atoms with van der Waals surface area (Å²) >= 11 is 0. The van der Waals surface area contributed by atoms with Gasteiger partial charge >= 0.3 is 0 Å². The van der Waals surface area contributed by atoms with Crippen molar-refractivity contribution in [3.63, 3.8) is 0 Å². The van der Waals surface area contributed by atoms with Crippen LogP contribution in [0.15, 0.2) is 0 Å². The molecule has 19 heavy (non-hydrogen) atoms. The highest BCUT2D eigenvalue weighted by Gasteiger charge is 2.34. The molecule has 2 rings (SSSR count). The summed E-state index contributed by atoms with van der Waals surface area (Å²) in [5, 5.41) is 3.80. The normalized spacial score (nSPS) is 35.2. The van der Waals surface area contributed by atoms with Gasteiger partial charge in [-0.05, 0) is 64.8 Å². The van der Waals surface area contributed by atoms with Gasteiger partial charge in [-0.15, -0.1) is 0 Å². The molecule has 1 N–H and O–H groups in total. The summed E-state index contributed by atoms with van der Waals surface area (Å²) in [5.74, 6) is 0.841. The highest BCUT2D eigenvalue weighted by molar-refractivity contribution is 4.86. The fourth-order valence-electron chi connectivity index (χ4n) is 3.85. The van der Waals surface area contributed by atoms with E-state index in [4.69, 9.17) is 4.74 Å². The molecule has 1 aliphatic heterocycles. The molecule has 2 heteroatoms. The molecule has 2 fully saturated rings. The largest absolute Gasteiger partial charge is 0.372 e. The van der Waals surface area contributed by atoms with Crippen LogP contribution in [-0.2, 0) is 4.74 Å². The van der Waals surface area contributed by atoms with Crippen molar-refractivity contribution in [3.8, 4) is 0 Å². The van der Waals surface area contributed by atoms with Crippen molar-refractivity contribution in [3.05, 3.63) is 0 Å². The van der Waals surface area contributed by atoms with Crippen molar-refractivity contribution in [1.29, 1.82) is 0 Å². The Morgan fingerprint density at radius 2 is 1.89 bits per heavy atom. The van der Waals surface area contributed by atoms with Crippen molar-refractivity contribution in [2.45, 2.75) is 96.3 Å². The number of hydrogen-bond donors (Lipinski definition) is 1. The van der Waals surface area contributed by atoms with E-state index in [1.807, 2.05) is 0 Å². The third kappa shape index (κ3) is 4.75. The molecule has 3 atom stereocenters. The smallest absolute Gasteiger partial charge is 0.0631 e. The third-order valence-electron chi connectivity index (χ3n) is 4.94. The van der Waals surface area contributed by atoms with Crippen LogP contribution in [0.5, 0.6) is 0 Å². The van der Waals surface area contributed by atoms with E-state index >= 15 is 0 Å². The SMILES string of the molecule is CCCNC1CCCCCC1CC1CCC(C)(C)O1. The van der Waals surface area contributed by atoms with Gasteiger partial charge < -0.3 is 10.1 Å². The van der Waals surface area contributed by atoms with E-state index in [2.05, 4.69) is 26.1 Å². The Morgan fingerprint density at radius 1 is 1.11 bits per heavy atom. The predicted octanol–water partition coefficient (Wildman–Crippen LogP) is 4.28. The van der Waals surface area contributed by atoms with Crippen LogP contribution < -0.4 is 5.32 Å². The van der Waals surface area contributed by atoms with Crippen LogP contribution in [0.25, 0.3) is 0 Å². The molecule has 0 aromatic rings. The zero-order valence-corrected chi connectivity index (χ0v) is 13.2. The first-order chi connectivity index (χ1) is 9.11. The van der Waals surface area contributed by atoms with Gasteiger partial charge in [0.15, 0.2) is 0 Å². The van der Waals surface area contributed by atoms with Gasteiger partial charge in [-0.3, -0.25) is 0 Å². The number of ether oxygens (including phenoxy) is 1. The molecule has 0 aromatic heterocycles. The van der Waals surface area contributed by atoms with Gasteiger partial charge in [-0.25, -0.2) is 0 Å². The van der Waals surface area contributed by atoms with E-state index in [9.17, 15) is 0 Å². The first-order valence-corrected chi connectivity index (χ1v) is 8.52. The van der Waals surface area contributed by atoms with Crippen LogP contribution >= 0.6 is 0 Å². The fourth-order valence-corrected chi connectivity index (χ4v) is 3.85. The average molecular weight is 267 g/mol. The molecule has 2 nitrogen and oxygen atoms in total. The van der Waals surface area contributed by atoms with Crippen molar-refractivity contribution in [1.82, 2.24) is 5.32 Å². The standard InChI is InChI=1S/C17H33NO/c1-4-12-18-16-9-7-5-6-8-14(16)13-15-10-11-17(2,3)19-15/h14-16,18H,4-13H2,1-3H3. The van der Waals surface area contributed by atoms with E-state index in [1.165, 1.54) is 64.3 Å². The summed E-state index contributed by atoms with van der Waals surface area (Å²) in [6, 6.07) is 0.745. The molecule has 0 bridgehead atoms. The summed E-state index contributed by atoms with van der Waals surface area (Å²) in [6.45, 7) is 7.93. The van der Waals surface area contributed by atoms with E-state index < -0.39 is 0 Å². The second-order valence-corrected chi connectivity index (χ2v) is 7.23. The lowest BCUT2D eigenvalue weighted by atomic mass is 9.88. The van der Waals surface area contributed by atoms with E-state index in [1.54, 1.807) is 0 Å². The Hall–Kier alpha value is -0.0800. The lowest BCUT2D eigenvalue weighted by Gasteiger charge is -2.29. The molecule has 2 aliphatic rings. The van der Waals surface area contributed by atoms with E-state index in [0.717, 1.165) is 12.0 Å². The summed E-state index contributed by atoms with van der Waals surface area (Å²) in [7, 11) is 0. The van der Waals surface area contributed by atoms with Gasteiger partial charge in [-0.1, -0.05) is 26.2 Å². The van der Waals surface area contributed by atoms with Crippen LogP contribution in [0.4, 0.5) is 0 Å². The Bertz CT molecular complexity index is 264. The Kier molecular flexibility index (Phi) is 5.70. The summed E-state index contributed by atoms with van der Waals surface area (Å²) in [5.41, 5.74) is 0.127. The molecule has 1 aliphatic carbocycles. The maximum Gasteiger partial charge on any atom is 0.0631 e. The number of nitrogens with one attached hydrogen (secondary N) is 1. The summed E-state index contributed by atoms with van der Waals surface area (Å²) < 4.78 is 6.22. The monoisotopic (exact) mass is 267 g/mol. The van der Waals surface area contributed by atoms with Crippen LogP contribution in [0.3, 0.4) is 0 Å². The third-order valence-corrected chi connectivity index (χ3v) is 4.94. The van der Waals surface area contributed by atoms with Crippen molar-refractivity contribution in [2.24, 2.45) is 5.92 Å². The maximum absolute atomic E-state index is 6.22. The molecule has 1 saturated heterocycles. The second-order valence-electron chi connectivity index (χ2n) is 7.23. The molecule has 0 radical (unpaired) electrons. The average Bonchev–Trinajstić information content (AvgIpc) is 2.58. The first-order valence-electron chi connectivity index (χ1n) is 8.52. The van der Waals surface area contributed by atoms with Gasteiger partial charge in [0, 0.05) is 6.04 Å². The molecule has 112 valence electrons. The minimum atomic E-state index is 0.127. The topological polar surface area (TPSA) is 21.3 Å². The fraction of sp³-hybridized carbons (Fsp3) is 1.00. The van der Waals surface area contributed by atoms with E-state index in [0.29, 0.717) is 6.10 Å². The molecule has 0 amide bonds. The zero-order valence-electron chi connectivity index (χ0n) is 13.2. The van der Waals surface area contributed by atoms with E-state index in [-0.39, 0.29) is 5.60 Å².